The molecule has 1 N–H and O–H groups in total. The van der Waals surface area contributed by atoms with E-state index in [0.29, 0.717) is 28.8 Å². The Bertz CT molecular complexity index is 796. The number of H-pyrrole nitrogens is 1. The molecule has 0 bridgehead atoms. The second-order valence-corrected chi connectivity index (χ2v) is 6.66. The standard InChI is InChI=1S/C17H23BrN4O2S/c1-5-12(6-2)16-20-21-17(25)22(16)19-10-11-8-13(18)15(23-4)14(9-11)24-7-3/h8-10,12H,5-7H2,1-4H3,(H,21,25)/b19-10-. The maximum atomic E-state index is 5.64. The van der Waals surface area contributed by atoms with Crippen LogP contribution in [0.3, 0.4) is 0 Å². The van der Waals surface area contributed by atoms with E-state index in [2.05, 4.69) is 45.1 Å². The average Bonchev–Trinajstić information content (AvgIpc) is 2.95. The molecule has 0 spiro atoms. The summed E-state index contributed by atoms with van der Waals surface area (Å²) >= 11 is 8.82. The van der Waals surface area contributed by atoms with E-state index in [1.807, 2.05) is 19.1 Å². The number of methoxy groups -OCH3 is 1. The molecule has 0 amide bonds. The lowest BCUT2D eigenvalue weighted by atomic mass is 10.0. The molecule has 136 valence electrons. The highest BCUT2D eigenvalue weighted by Crippen LogP contribution is 2.36. The van der Waals surface area contributed by atoms with Gasteiger partial charge in [-0.05, 0) is 65.6 Å². The summed E-state index contributed by atoms with van der Waals surface area (Å²) in [7, 11) is 1.61. The molecule has 2 rings (SSSR count). The number of halogens is 1. The highest BCUT2D eigenvalue weighted by molar-refractivity contribution is 9.10. The van der Waals surface area contributed by atoms with Crippen molar-refractivity contribution in [3.8, 4) is 11.5 Å². The van der Waals surface area contributed by atoms with Gasteiger partial charge in [0.05, 0.1) is 24.4 Å². The first-order chi connectivity index (χ1) is 12.0. The number of nitrogens with zero attached hydrogens (tertiary/aromatic N) is 3. The fraction of sp³-hybridized carbons (Fsp3) is 0.471. The molecule has 25 heavy (non-hydrogen) atoms. The zero-order valence-corrected chi connectivity index (χ0v) is 17.3. The molecule has 0 atom stereocenters. The van der Waals surface area contributed by atoms with Crippen molar-refractivity contribution in [3.63, 3.8) is 0 Å². The molecule has 0 aliphatic heterocycles. The number of aromatic nitrogens is 3. The molecule has 0 fully saturated rings. The van der Waals surface area contributed by atoms with Gasteiger partial charge in [-0.25, -0.2) is 0 Å². The highest BCUT2D eigenvalue weighted by atomic mass is 79.9. The van der Waals surface area contributed by atoms with Gasteiger partial charge in [-0.2, -0.15) is 14.9 Å². The van der Waals surface area contributed by atoms with Gasteiger partial charge >= 0.3 is 0 Å². The predicted molar refractivity (Wildman–Crippen MR) is 106 cm³/mol. The van der Waals surface area contributed by atoms with Crippen LogP contribution in [0.25, 0.3) is 0 Å². The maximum absolute atomic E-state index is 5.64. The minimum Gasteiger partial charge on any atom is -0.492 e. The van der Waals surface area contributed by atoms with Crippen molar-refractivity contribution in [1.82, 2.24) is 14.9 Å². The van der Waals surface area contributed by atoms with Gasteiger partial charge in [0, 0.05) is 5.92 Å². The molecule has 2 aromatic rings. The third-order valence-electron chi connectivity index (χ3n) is 3.88. The second kappa shape index (κ2) is 9.15. The van der Waals surface area contributed by atoms with E-state index < -0.39 is 0 Å². The molecule has 0 saturated carbocycles. The quantitative estimate of drug-likeness (QED) is 0.481. The first kappa shape index (κ1) is 19.7. The fourth-order valence-corrected chi connectivity index (χ4v) is 3.39. The van der Waals surface area contributed by atoms with Gasteiger partial charge in [-0.3, -0.25) is 5.10 Å². The summed E-state index contributed by atoms with van der Waals surface area (Å²) in [5.74, 6) is 2.49. The molecule has 1 aromatic heterocycles. The molecule has 8 heteroatoms. The van der Waals surface area contributed by atoms with E-state index in [4.69, 9.17) is 21.7 Å². The third kappa shape index (κ3) is 4.49. The van der Waals surface area contributed by atoms with Crippen LogP contribution in [0.4, 0.5) is 0 Å². The molecule has 6 nitrogen and oxygen atoms in total. The summed E-state index contributed by atoms with van der Waals surface area (Å²) in [6.07, 6.45) is 3.70. The van der Waals surface area contributed by atoms with Crippen LogP contribution >= 0.6 is 28.1 Å². The highest BCUT2D eigenvalue weighted by Gasteiger charge is 2.15. The first-order valence-corrected chi connectivity index (χ1v) is 9.47. The Morgan fingerprint density at radius 2 is 2.08 bits per heavy atom. The van der Waals surface area contributed by atoms with Crippen molar-refractivity contribution in [1.29, 1.82) is 0 Å². The van der Waals surface area contributed by atoms with E-state index in [9.17, 15) is 0 Å². The topological polar surface area (TPSA) is 64.4 Å². The van der Waals surface area contributed by atoms with Crippen molar-refractivity contribution >= 4 is 34.4 Å². The smallest absolute Gasteiger partial charge is 0.216 e. The Morgan fingerprint density at radius 1 is 1.36 bits per heavy atom. The second-order valence-electron chi connectivity index (χ2n) is 5.42. The molecule has 0 aliphatic rings. The van der Waals surface area contributed by atoms with E-state index in [-0.39, 0.29) is 0 Å². The minimum atomic E-state index is 0.312. The van der Waals surface area contributed by atoms with Crippen LogP contribution in [-0.2, 0) is 0 Å². The summed E-state index contributed by atoms with van der Waals surface area (Å²) < 4.78 is 14.0. The number of hydrogen-bond donors (Lipinski definition) is 1. The predicted octanol–water partition coefficient (Wildman–Crippen LogP) is 4.90. The van der Waals surface area contributed by atoms with Crippen molar-refractivity contribution in [2.75, 3.05) is 13.7 Å². The van der Waals surface area contributed by atoms with Crippen LogP contribution < -0.4 is 9.47 Å². The van der Waals surface area contributed by atoms with Crippen LogP contribution in [0.2, 0.25) is 0 Å². The van der Waals surface area contributed by atoms with E-state index >= 15 is 0 Å². The van der Waals surface area contributed by atoms with Gasteiger partial charge in [0.15, 0.2) is 17.3 Å². The fourth-order valence-electron chi connectivity index (χ4n) is 2.58. The first-order valence-electron chi connectivity index (χ1n) is 8.27. The molecule has 0 aliphatic carbocycles. The third-order valence-corrected chi connectivity index (χ3v) is 4.74. The van der Waals surface area contributed by atoms with E-state index in [0.717, 1.165) is 28.7 Å². The summed E-state index contributed by atoms with van der Waals surface area (Å²) in [6, 6.07) is 3.81. The number of benzene rings is 1. The Hall–Kier alpha value is -1.67. The summed E-state index contributed by atoms with van der Waals surface area (Å²) in [4.78, 5) is 0. The number of aromatic amines is 1. The molecular formula is C17H23BrN4O2S. The number of ether oxygens (including phenoxy) is 2. The van der Waals surface area contributed by atoms with Gasteiger partial charge in [0.1, 0.15) is 0 Å². The minimum absolute atomic E-state index is 0.312. The van der Waals surface area contributed by atoms with Gasteiger partial charge in [0.25, 0.3) is 0 Å². The number of nitrogens with one attached hydrogen (secondary N) is 1. The summed E-state index contributed by atoms with van der Waals surface area (Å²) in [5.41, 5.74) is 0.870. The van der Waals surface area contributed by atoms with Crippen LogP contribution in [0.5, 0.6) is 11.5 Å². The van der Waals surface area contributed by atoms with E-state index in [1.165, 1.54) is 0 Å². The van der Waals surface area contributed by atoms with E-state index in [1.54, 1.807) is 18.0 Å². The summed E-state index contributed by atoms with van der Waals surface area (Å²) in [6.45, 7) is 6.75. The molecule has 0 radical (unpaired) electrons. The average molecular weight is 427 g/mol. The normalized spacial score (nSPS) is 11.4. The molecule has 0 unspecified atom stereocenters. The van der Waals surface area contributed by atoms with Gasteiger partial charge < -0.3 is 9.47 Å². The van der Waals surface area contributed by atoms with Crippen molar-refractivity contribution < 1.29 is 9.47 Å². The molecule has 1 heterocycles. The maximum Gasteiger partial charge on any atom is 0.216 e. The van der Waals surface area contributed by atoms with Crippen molar-refractivity contribution in [2.45, 2.75) is 39.5 Å². The van der Waals surface area contributed by atoms with Crippen LogP contribution in [0.15, 0.2) is 21.7 Å². The van der Waals surface area contributed by atoms with Gasteiger partial charge in [-0.1, -0.05) is 13.8 Å². The van der Waals surface area contributed by atoms with Crippen LogP contribution in [-0.4, -0.2) is 34.8 Å². The molecule has 0 saturated heterocycles. The largest absolute Gasteiger partial charge is 0.492 e. The Kier molecular flexibility index (Phi) is 7.19. The van der Waals surface area contributed by atoms with Crippen LogP contribution in [0.1, 0.15) is 50.9 Å². The lowest BCUT2D eigenvalue weighted by Gasteiger charge is -2.12. The Balaban J connectivity index is 2.40. The molecule has 1 aromatic carbocycles. The Morgan fingerprint density at radius 3 is 2.68 bits per heavy atom. The number of rotatable bonds is 8. The van der Waals surface area contributed by atoms with Gasteiger partial charge in [-0.15, -0.1) is 0 Å². The zero-order valence-electron chi connectivity index (χ0n) is 14.9. The SMILES string of the molecule is CCOc1cc(/C=N\n2c(C(CC)CC)n[nH]c2=S)cc(Br)c1OC. The Labute approximate surface area is 161 Å². The van der Waals surface area contributed by atoms with Crippen molar-refractivity contribution in [3.05, 3.63) is 32.8 Å². The monoisotopic (exact) mass is 426 g/mol. The number of hydrogen-bond acceptors (Lipinski definition) is 5. The van der Waals surface area contributed by atoms with Gasteiger partial charge in [0.2, 0.25) is 4.77 Å². The van der Waals surface area contributed by atoms with Crippen LogP contribution in [0, 0.1) is 4.77 Å². The van der Waals surface area contributed by atoms with Crippen molar-refractivity contribution in [2.24, 2.45) is 5.10 Å². The lowest BCUT2D eigenvalue weighted by molar-refractivity contribution is 0.310. The zero-order chi connectivity index (χ0) is 18.4. The lowest BCUT2D eigenvalue weighted by Crippen LogP contribution is -2.05. The molecular weight excluding hydrogens is 404 g/mol. The summed E-state index contributed by atoms with van der Waals surface area (Å²) in [5, 5.41) is 11.7.